The second-order valence-electron chi connectivity index (χ2n) is 11.3. The first-order chi connectivity index (χ1) is 17.4. The van der Waals surface area contributed by atoms with Crippen molar-refractivity contribution < 1.29 is 29.3 Å². The molecule has 5 aliphatic rings. The number of carboxylic acids is 2. The summed E-state index contributed by atoms with van der Waals surface area (Å²) in [6.07, 6.45) is 5.32. The zero-order valence-corrected chi connectivity index (χ0v) is 20.0. The second-order valence-corrected chi connectivity index (χ2v) is 11.3. The van der Waals surface area contributed by atoms with Crippen LogP contribution in [0.15, 0.2) is 48.6 Å². The van der Waals surface area contributed by atoms with Crippen molar-refractivity contribution in [3.63, 3.8) is 0 Å². The highest BCUT2D eigenvalue weighted by Gasteiger charge is 2.91. The van der Waals surface area contributed by atoms with Crippen molar-refractivity contribution in [2.45, 2.75) is 24.7 Å². The Hall–Kier alpha value is -3.54. The number of benzene rings is 3. The summed E-state index contributed by atoms with van der Waals surface area (Å²) < 4.78 is 12.2. The highest BCUT2D eigenvalue weighted by atomic mass is 16.5. The third kappa shape index (κ3) is 1.79. The summed E-state index contributed by atoms with van der Waals surface area (Å²) in [6, 6.07) is 12.4. The van der Waals surface area contributed by atoms with Crippen molar-refractivity contribution in [1.82, 2.24) is 0 Å². The Bertz CT molecular complexity index is 1470. The third-order valence-electron chi connectivity index (χ3n) is 10.8. The molecule has 0 unspecified atom stereocenters. The predicted octanol–water partition coefficient (Wildman–Crippen LogP) is 5.19. The quantitative estimate of drug-likeness (QED) is 0.302. The van der Waals surface area contributed by atoms with Crippen LogP contribution in [0.2, 0.25) is 0 Å². The Balaban J connectivity index is 1.45. The lowest BCUT2D eigenvalue weighted by Crippen LogP contribution is -2.74. The molecule has 5 aliphatic carbocycles. The number of fused-ring (bicyclic) bond motifs is 17. The van der Waals surface area contributed by atoms with Crippen LogP contribution in [-0.2, 0) is 9.59 Å². The summed E-state index contributed by atoms with van der Waals surface area (Å²) in [5, 5.41) is 25.5. The Labute approximate surface area is 207 Å². The Morgan fingerprint density at radius 2 is 1.22 bits per heavy atom. The Kier molecular flexibility index (Phi) is 3.57. The van der Waals surface area contributed by atoms with Gasteiger partial charge in [-0.1, -0.05) is 36.4 Å². The molecule has 8 atom stereocenters. The van der Waals surface area contributed by atoms with Crippen LogP contribution < -0.4 is 9.47 Å². The fourth-order valence-corrected chi connectivity index (χ4v) is 10.1. The van der Waals surface area contributed by atoms with Gasteiger partial charge in [-0.2, -0.15) is 0 Å². The molecule has 8 rings (SSSR count). The van der Waals surface area contributed by atoms with Crippen molar-refractivity contribution in [3.05, 3.63) is 59.7 Å². The van der Waals surface area contributed by atoms with Crippen LogP contribution in [0.3, 0.4) is 0 Å². The van der Waals surface area contributed by atoms with Crippen molar-refractivity contribution in [2.75, 3.05) is 14.2 Å². The van der Waals surface area contributed by atoms with Gasteiger partial charge in [-0.15, -0.1) is 0 Å². The molecule has 6 heteroatoms. The van der Waals surface area contributed by atoms with Gasteiger partial charge < -0.3 is 19.7 Å². The molecule has 3 saturated carbocycles. The zero-order chi connectivity index (χ0) is 24.7. The lowest BCUT2D eigenvalue weighted by molar-refractivity contribution is -0.238. The number of hydrogen-bond donors (Lipinski definition) is 2. The van der Waals surface area contributed by atoms with Gasteiger partial charge in [-0.25, -0.2) is 0 Å². The SMILES string of the molecule is COc1c2c(c(OC)c3cc4ccccc4cc13)[C@@H]1C[C@H]2[C@@H]2[C@H]1[C@@]1(C(=O)O)[C@@H]3C=C[C@@H](C3)[C@@]21C(=O)O. The number of carboxylic acid groups (broad SMARTS) is 2. The molecule has 36 heavy (non-hydrogen) atoms. The number of rotatable bonds is 4. The van der Waals surface area contributed by atoms with E-state index in [-0.39, 0.29) is 35.5 Å². The number of ether oxygens (including phenoxy) is 2. The van der Waals surface area contributed by atoms with Crippen molar-refractivity contribution in [1.29, 1.82) is 0 Å². The highest BCUT2D eigenvalue weighted by Crippen LogP contribution is 2.89. The standard InChI is InChI=1S/C30H26O6/c1-35-25-17-9-13-5-3-4-6-14(13)10-18(17)26(36-2)22-20-12-19(21(22)25)23-24(20)30(28(33)34)16-8-7-15(11-16)29(23,30)27(31)32/h3-10,15-16,19-20,23-24H,11-12H2,1-2H3,(H,31,32)(H,33,34)/t15-,16+,19+,20-,23+,24-,29-,30+. The molecule has 0 spiro atoms. The van der Waals surface area contributed by atoms with E-state index >= 15 is 0 Å². The summed E-state index contributed by atoms with van der Waals surface area (Å²) in [5.74, 6) is -1.38. The highest BCUT2D eigenvalue weighted by molar-refractivity contribution is 6.06. The summed E-state index contributed by atoms with van der Waals surface area (Å²) in [4.78, 5) is 26.2. The van der Waals surface area contributed by atoms with E-state index in [1.54, 1.807) is 14.2 Å². The van der Waals surface area contributed by atoms with Gasteiger partial charge in [0.15, 0.2) is 0 Å². The third-order valence-corrected chi connectivity index (χ3v) is 10.8. The number of carbonyl (C=O) groups is 2. The molecule has 0 radical (unpaired) electrons. The molecule has 0 aromatic heterocycles. The van der Waals surface area contributed by atoms with Gasteiger partial charge in [0, 0.05) is 21.9 Å². The van der Waals surface area contributed by atoms with Crippen LogP contribution >= 0.6 is 0 Å². The average Bonchev–Trinajstić information content (AvgIpc) is 3.59. The minimum Gasteiger partial charge on any atom is -0.496 e. The maximum absolute atomic E-state index is 13.1. The smallest absolute Gasteiger partial charge is 0.311 e. The monoisotopic (exact) mass is 482 g/mol. The molecular weight excluding hydrogens is 456 g/mol. The van der Waals surface area contributed by atoms with E-state index < -0.39 is 22.8 Å². The summed E-state index contributed by atoms with van der Waals surface area (Å²) >= 11 is 0. The first-order valence-electron chi connectivity index (χ1n) is 12.7. The average molecular weight is 483 g/mol. The van der Waals surface area contributed by atoms with Crippen LogP contribution in [0.5, 0.6) is 11.5 Å². The fourth-order valence-electron chi connectivity index (χ4n) is 10.1. The molecule has 3 aromatic rings. The summed E-state index contributed by atoms with van der Waals surface area (Å²) in [5.41, 5.74) is -0.461. The maximum atomic E-state index is 13.1. The minimum absolute atomic E-state index is 0.0638. The molecule has 182 valence electrons. The topological polar surface area (TPSA) is 93.1 Å². The molecule has 3 aromatic carbocycles. The van der Waals surface area contributed by atoms with E-state index in [0.29, 0.717) is 6.42 Å². The van der Waals surface area contributed by atoms with Crippen LogP contribution in [-0.4, -0.2) is 36.4 Å². The number of hydrogen-bond acceptors (Lipinski definition) is 4. The zero-order valence-electron chi connectivity index (χ0n) is 20.0. The van der Waals surface area contributed by atoms with Gasteiger partial charge >= 0.3 is 11.9 Å². The number of allylic oxidation sites excluding steroid dienone is 2. The van der Waals surface area contributed by atoms with Crippen molar-refractivity contribution in [3.8, 4) is 11.5 Å². The number of aliphatic carboxylic acids is 2. The molecule has 6 nitrogen and oxygen atoms in total. The van der Waals surface area contributed by atoms with E-state index in [9.17, 15) is 19.8 Å². The Morgan fingerprint density at radius 1 is 0.778 bits per heavy atom. The predicted molar refractivity (Wildman–Crippen MR) is 133 cm³/mol. The van der Waals surface area contributed by atoms with Crippen LogP contribution in [0, 0.1) is 34.5 Å². The first-order valence-corrected chi connectivity index (χ1v) is 12.7. The molecule has 0 saturated heterocycles. The van der Waals surface area contributed by atoms with Gasteiger partial charge in [0.25, 0.3) is 0 Å². The minimum atomic E-state index is -1.27. The lowest BCUT2D eigenvalue weighted by atomic mass is 9.32. The fraction of sp³-hybridized carbons (Fsp3) is 0.400. The maximum Gasteiger partial charge on any atom is 0.311 e. The van der Waals surface area contributed by atoms with Gasteiger partial charge in [-0.3, -0.25) is 9.59 Å². The normalized spacial score (nSPS) is 38.1. The molecular formula is C30H26O6. The largest absolute Gasteiger partial charge is 0.496 e. The molecule has 0 aliphatic heterocycles. The molecule has 3 fully saturated rings. The molecule has 0 amide bonds. The van der Waals surface area contributed by atoms with Crippen LogP contribution in [0.25, 0.3) is 21.5 Å². The van der Waals surface area contributed by atoms with E-state index in [2.05, 4.69) is 24.3 Å². The van der Waals surface area contributed by atoms with Gasteiger partial charge in [-0.05, 0) is 71.3 Å². The van der Waals surface area contributed by atoms with Crippen molar-refractivity contribution in [2.24, 2.45) is 34.5 Å². The van der Waals surface area contributed by atoms with Gasteiger partial charge in [0.05, 0.1) is 25.0 Å². The Morgan fingerprint density at radius 3 is 1.61 bits per heavy atom. The van der Waals surface area contributed by atoms with Gasteiger partial charge in [0.2, 0.25) is 0 Å². The van der Waals surface area contributed by atoms with Crippen LogP contribution in [0.4, 0.5) is 0 Å². The van der Waals surface area contributed by atoms with E-state index in [1.165, 1.54) is 0 Å². The van der Waals surface area contributed by atoms with E-state index in [4.69, 9.17) is 9.47 Å². The molecule has 4 bridgehead atoms. The van der Waals surface area contributed by atoms with E-state index in [0.717, 1.165) is 50.6 Å². The number of methoxy groups -OCH3 is 2. The molecule has 0 heterocycles. The first kappa shape index (κ1) is 20.6. The van der Waals surface area contributed by atoms with Gasteiger partial charge in [0.1, 0.15) is 11.5 Å². The summed E-state index contributed by atoms with van der Waals surface area (Å²) in [6.45, 7) is 0. The van der Waals surface area contributed by atoms with Crippen LogP contribution in [0.1, 0.15) is 35.8 Å². The van der Waals surface area contributed by atoms with E-state index in [1.807, 2.05) is 24.3 Å². The molecule has 2 N–H and O–H groups in total. The second kappa shape index (κ2) is 6.23. The summed E-state index contributed by atoms with van der Waals surface area (Å²) in [7, 11) is 3.35. The van der Waals surface area contributed by atoms with Crippen molar-refractivity contribution >= 4 is 33.5 Å². The lowest BCUT2D eigenvalue weighted by Gasteiger charge is -2.67.